The largest absolute Gasteiger partial charge is 0.352 e. The molecule has 0 fully saturated rings. The molecule has 1 aliphatic rings. The van der Waals surface area contributed by atoms with E-state index in [9.17, 15) is 4.79 Å². The lowest BCUT2D eigenvalue weighted by Gasteiger charge is -2.20. The van der Waals surface area contributed by atoms with Crippen molar-refractivity contribution in [1.82, 2.24) is 5.32 Å². The van der Waals surface area contributed by atoms with Gasteiger partial charge in [0.15, 0.2) is 0 Å². The SMILES string of the molecule is CCC1CNC(=O)C=C1C. The predicted octanol–water partition coefficient (Wildman–Crippen LogP) is 1.09. The van der Waals surface area contributed by atoms with Gasteiger partial charge in [0.1, 0.15) is 0 Å². The third-order valence-electron chi connectivity index (χ3n) is 2.02. The van der Waals surface area contributed by atoms with Crippen molar-refractivity contribution in [2.45, 2.75) is 20.3 Å². The molecule has 0 aliphatic carbocycles. The highest BCUT2D eigenvalue weighted by molar-refractivity contribution is 5.89. The highest BCUT2D eigenvalue weighted by Gasteiger charge is 2.14. The molecule has 0 saturated heterocycles. The Morgan fingerprint density at radius 2 is 2.50 bits per heavy atom. The fourth-order valence-electron chi connectivity index (χ4n) is 1.23. The van der Waals surface area contributed by atoms with E-state index in [4.69, 9.17) is 0 Å². The van der Waals surface area contributed by atoms with Gasteiger partial charge in [-0.05, 0) is 19.3 Å². The number of carbonyl (C=O) groups excluding carboxylic acids is 1. The summed E-state index contributed by atoms with van der Waals surface area (Å²) in [6.07, 6.45) is 2.81. The van der Waals surface area contributed by atoms with E-state index in [-0.39, 0.29) is 5.91 Å². The van der Waals surface area contributed by atoms with Crippen molar-refractivity contribution in [2.24, 2.45) is 5.92 Å². The van der Waals surface area contributed by atoms with Crippen LogP contribution in [0.15, 0.2) is 11.6 Å². The number of carbonyl (C=O) groups is 1. The molecule has 0 saturated carbocycles. The van der Waals surface area contributed by atoms with Gasteiger partial charge in [-0.2, -0.15) is 0 Å². The molecule has 56 valence electrons. The molecular formula is C8H13NO. The summed E-state index contributed by atoms with van der Waals surface area (Å²) in [6, 6.07) is 0. The molecule has 2 heteroatoms. The fraction of sp³-hybridized carbons (Fsp3) is 0.625. The van der Waals surface area contributed by atoms with Crippen LogP contribution in [0.5, 0.6) is 0 Å². The molecule has 10 heavy (non-hydrogen) atoms. The summed E-state index contributed by atoms with van der Waals surface area (Å²) in [5, 5.41) is 2.80. The third-order valence-corrected chi connectivity index (χ3v) is 2.02. The monoisotopic (exact) mass is 139 g/mol. The van der Waals surface area contributed by atoms with E-state index < -0.39 is 0 Å². The molecule has 1 atom stereocenters. The first-order chi connectivity index (χ1) is 4.74. The second-order valence-electron chi connectivity index (χ2n) is 2.74. The molecule has 0 aromatic carbocycles. The quantitative estimate of drug-likeness (QED) is 0.579. The van der Waals surface area contributed by atoms with Crippen LogP contribution >= 0.6 is 0 Å². The van der Waals surface area contributed by atoms with Gasteiger partial charge in [0.2, 0.25) is 5.91 Å². The Balaban J connectivity index is 2.67. The van der Waals surface area contributed by atoms with Crippen LogP contribution in [-0.2, 0) is 4.79 Å². The molecular weight excluding hydrogens is 126 g/mol. The van der Waals surface area contributed by atoms with Crippen LogP contribution in [-0.4, -0.2) is 12.5 Å². The van der Waals surface area contributed by atoms with Crippen LogP contribution in [0.3, 0.4) is 0 Å². The second-order valence-corrected chi connectivity index (χ2v) is 2.74. The topological polar surface area (TPSA) is 29.1 Å². The van der Waals surface area contributed by atoms with Gasteiger partial charge in [-0.15, -0.1) is 0 Å². The number of rotatable bonds is 1. The summed E-state index contributed by atoms with van der Waals surface area (Å²) in [4.78, 5) is 10.7. The Hall–Kier alpha value is -0.790. The first-order valence-corrected chi connectivity index (χ1v) is 3.70. The second kappa shape index (κ2) is 2.86. The van der Waals surface area contributed by atoms with Crippen molar-refractivity contribution in [2.75, 3.05) is 6.54 Å². The van der Waals surface area contributed by atoms with Gasteiger partial charge in [-0.3, -0.25) is 4.79 Å². The zero-order valence-electron chi connectivity index (χ0n) is 6.48. The highest BCUT2D eigenvalue weighted by atomic mass is 16.1. The normalized spacial score (nSPS) is 25.6. The van der Waals surface area contributed by atoms with Crippen LogP contribution in [0.2, 0.25) is 0 Å². The van der Waals surface area contributed by atoms with Gasteiger partial charge in [-0.25, -0.2) is 0 Å². The summed E-state index contributed by atoms with van der Waals surface area (Å²) in [5.74, 6) is 0.625. The van der Waals surface area contributed by atoms with Crippen molar-refractivity contribution in [1.29, 1.82) is 0 Å². The molecule has 1 N–H and O–H groups in total. The lowest BCUT2D eigenvalue weighted by atomic mass is 9.95. The average molecular weight is 139 g/mol. The van der Waals surface area contributed by atoms with E-state index in [1.165, 1.54) is 5.57 Å². The highest BCUT2D eigenvalue weighted by Crippen LogP contribution is 2.15. The summed E-state index contributed by atoms with van der Waals surface area (Å²) < 4.78 is 0. The van der Waals surface area contributed by atoms with E-state index in [0.29, 0.717) is 5.92 Å². The van der Waals surface area contributed by atoms with Crippen molar-refractivity contribution in [3.05, 3.63) is 11.6 Å². The first kappa shape index (κ1) is 7.32. The molecule has 1 amide bonds. The Bertz CT molecular complexity index is 172. The van der Waals surface area contributed by atoms with Gasteiger partial charge in [0.25, 0.3) is 0 Å². The minimum Gasteiger partial charge on any atom is -0.352 e. The lowest BCUT2D eigenvalue weighted by molar-refractivity contribution is -0.117. The molecule has 1 aliphatic heterocycles. The van der Waals surface area contributed by atoms with E-state index in [0.717, 1.165) is 13.0 Å². The molecule has 1 unspecified atom stereocenters. The number of hydrogen-bond acceptors (Lipinski definition) is 1. The maximum atomic E-state index is 10.7. The summed E-state index contributed by atoms with van der Waals surface area (Å²) >= 11 is 0. The average Bonchev–Trinajstić information content (AvgIpc) is 1.88. The van der Waals surface area contributed by atoms with Gasteiger partial charge in [-0.1, -0.05) is 12.5 Å². The van der Waals surface area contributed by atoms with E-state index in [1.807, 2.05) is 6.92 Å². The van der Waals surface area contributed by atoms with Crippen molar-refractivity contribution in [3.63, 3.8) is 0 Å². The van der Waals surface area contributed by atoms with Crippen molar-refractivity contribution >= 4 is 5.91 Å². The van der Waals surface area contributed by atoms with Gasteiger partial charge in [0.05, 0.1) is 0 Å². The van der Waals surface area contributed by atoms with Crippen LogP contribution < -0.4 is 5.32 Å². The van der Waals surface area contributed by atoms with Crippen LogP contribution in [0.4, 0.5) is 0 Å². The Labute approximate surface area is 61.3 Å². The zero-order valence-corrected chi connectivity index (χ0v) is 6.48. The van der Waals surface area contributed by atoms with E-state index in [2.05, 4.69) is 12.2 Å². The Morgan fingerprint density at radius 3 is 3.00 bits per heavy atom. The number of hydrogen-bond donors (Lipinski definition) is 1. The molecule has 1 heterocycles. The molecule has 0 aromatic heterocycles. The minimum absolute atomic E-state index is 0.0576. The third kappa shape index (κ3) is 1.38. The smallest absolute Gasteiger partial charge is 0.243 e. The molecule has 0 bridgehead atoms. The fourth-order valence-corrected chi connectivity index (χ4v) is 1.23. The molecule has 0 aromatic rings. The standard InChI is InChI=1S/C8H13NO/c1-3-7-5-9-8(10)4-6(7)2/h4,7H,3,5H2,1-2H3,(H,9,10). The number of amides is 1. The van der Waals surface area contributed by atoms with Crippen molar-refractivity contribution < 1.29 is 4.79 Å². The van der Waals surface area contributed by atoms with E-state index >= 15 is 0 Å². The maximum absolute atomic E-state index is 10.7. The number of nitrogens with one attached hydrogen (secondary N) is 1. The molecule has 0 spiro atoms. The minimum atomic E-state index is 0.0576. The van der Waals surface area contributed by atoms with Gasteiger partial charge < -0.3 is 5.32 Å². The molecule has 1 rings (SSSR count). The van der Waals surface area contributed by atoms with Crippen molar-refractivity contribution in [3.8, 4) is 0 Å². The first-order valence-electron chi connectivity index (χ1n) is 3.70. The van der Waals surface area contributed by atoms with Gasteiger partial charge >= 0.3 is 0 Å². The van der Waals surface area contributed by atoms with Crippen LogP contribution in [0.1, 0.15) is 20.3 Å². The Morgan fingerprint density at radius 1 is 1.80 bits per heavy atom. The van der Waals surface area contributed by atoms with E-state index in [1.54, 1.807) is 6.08 Å². The predicted molar refractivity (Wildman–Crippen MR) is 40.5 cm³/mol. The summed E-state index contributed by atoms with van der Waals surface area (Å²) in [7, 11) is 0. The zero-order chi connectivity index (χ0) is 7.56. The van der Waals surface area contributed by atoms with Crippen LogP contribution in [0.25, 0.3) is 0 Å². The molecule has 2 nitrogen and oxygen atoms in total. The Kier molecular flexibility index (Phi) is 2.10. The lowest BCUT2D eigenvalue weighted by Crippen LogP contribution is -2.32. The maximum Gasteiger partial charge on any atom is 0.243 e. The molecule has 0 radical (unpaired) electrons. The van der Waals surface area contributed by atoms with Gasteiger partial charge in [0, 0.05) is 12.6 Å². The van der Waals surface area contributed by atoms with Crippen LogP contribution in [0, 0.1) is 5.92 Å². The summed E-state index contributed by atoms with van der Waals surface area (Å²) in [5.41, 5.74) is 1.21. The summed E-state index contributed by atoms with van der Waals surface area (Å²) in [6.45, 7) is 4.98.